The summed E-state index contributed by atoms with van der Waals surface area (Å²) >= 11 is 0. The van der Waals surface area contributed by atoms with Crippen LogP contribution in [-0.2, 0) is 0 Å². The van der Waals surface area contributed by atoms with Crippen molar-refractivity contribution in [2.75, 3.05) is 0 Å². The van der Waals surface area contributed by atoms with E-state index in [1.807, 2.05) is 0 Å². The standard InChI is InChI=1S/C13H22/c1-9(2)12-7-6-11(5)8-13(12)10(3)4/h8-10H,6-7H2,1-5H3. The van der Waals surface area contributed by atoms with Crippen LogP contribution in [0, 0.1) is 11.8 Å². The summed E-state index contributed by atoms with van der Waals surface area (Å²) in [6, 6.07) is 0. The van der Waals surface area contributed by atoms with Crippen LogP contribution in [0.4, 0.5) is 0 Å². The molecule has 0 nitrogen and oxygen atoms in total. The van der Waals surface area contributed by atoms with E-state index in [4.69, 9.17) is 0 Å². The third kappa shape index (κ3) is 2.46. The predicted octanol–water partition coefficient (Wildman–Crippen LogP) is 4.34. The molecule has 0 spiro atoms. The fourth-order valence-electron chi connectivity index (χ4n) is 2.07. The minimum absolute atomic E-state index is 0.688. The Morgan fingerprint density at radius 2 is 1.62 bits per heavy atom. The maximum Gasteiger partial charge on any atom is -0.0219 e. The van der Waals surface area contributed by atoms with Gasteiger partial charge in [0.15, 0.2) is 0 Å². The molecule has 0 heteroatoms. The van der Waals surface area contributed by atoms with E-state index in [1.165, 1.54) is 12.8 Å². The Hall–Kier alpha value is -0.520. The van der Waals surface area contributed by atoms with Crippen molar-refractivity contribution in [3.63, 3.8) is 0 Å². The lowest BCUT2D eigenvalue weighted by atomic mass is 9.82. The van der Waals surface area contributed by atoms with Gasteiger partial charge in [-0.15, -0.1) is 0 Å². The smallest absolute Gasteiger partial charge is 0.0219 e. The Labute approximate surface area is 82.7 Å². The Kier molecular flexibility index (Phi) is 3.35. The van der Waals surface area contributed by atoms with E-state index in [0.717, 1.165) is 5.92 Å². The van der Waals surface area contributed by atoms with Gasteiger partial charge in [0.2, 0.25) is 0 Å². The third-order valence-corrected chi connectivity index (χ3v) is 2.88. The molecule has 1 rings (SSSR count). The summed E-state index contributed by atoms with van der Waals surface area (Å²) in [7, 11) is 0. The second-order valence-corrected chi connectivity index (χ2v) is 4.78. The quantitative estimate of drug-likeness (QED) is 0.590. The Bertz CT molecular complexity index is 239. The number of rotatable bonds is 2. The molecular formula is C13H22. The van der Waals surface area contributed by atoms with E-state index in [-0.39, 0.29) is 0 Å². The Balaban J connectivity index is 3.01. The Morgan fingerprint density at radius 1 is 1.00 bits per heavy atom. The average Bonchev–Trinajstić information content (AvgIpc) is 2.03. The molecule has 0 bridgehead atoms. The fourth-order valence-corrected chi connectivity index (χ4v) is 2.07. The zero-order valence-corrected chi connectivity index (χ0v) is 9.65. The van der Waals surface area contributed by atoms with Crippen molar-refractivity contribution in [2.24, 2.45) is 11.8 Å². The van der Waals surface area contributed by atoms with Gasteiger partial charge in [-0.3, -0.25) is 0 Å². The molecule has 1 aliphatic carbocycles. The largest absolute Gasteiger partial charge is 0.0727 e. The van der Waals surface area contributed by atoms with Gasteiger partial charge in [-0.1, -0.05) is 44.9 Å². The van der Waals surface area contributed by atoms with Gasteiger partial charge < -0.3 is 0 Å². The molecule has 0 saturated carbocycles. The van der Waals surface area contributed by atoms with Gasteiger partial charge >= 0.3 is 0 Å². The van der Waals surface area contributed by atoms with Gasteiger partial charge in [-0.2, -0.15) is 0 Å². The van der Waals surface area contributed by atoms with Crippen molar-refractivity contribution in [1.29, 1.82) is 0 Å². The molecule has 0 aromatic rings. The van der Waals surface area contributed by atoms with Crippen molar-refractivity contribution >= 4 is 0 Å². The average molecular weight is 178 g/mol. The van der Waals surface area contributed by atoms with Crippen LogP contribution in [-0.4, -0.2) is 0 Å². The van der Waals surface area contributed by atoms with Crippen LogP contribution in [0.3, 0.4) is 0 Å². The predicted molar refractivity (Wildman–Crippen MR) is 59.7 cm³/mol. The molecule has 0 unspecified atom stereocenters. The summed E-state index contributed by atoms with van der Waals surface area (Å²) in [5.74, 6) is 1.41. The molecule has 0 amide bonds. The van der Waals surface area contributed by atoms with E-state index in [9.17, 15) is 0 Å². The van der Waals surface area contributed by atoms with Crippen LogP contribution < -0.4 is 0 Å². The van der Waals surface area contributed by atoms with Crippen molar-refractivity contribution in [3.05, 3.63) is 22.8 Å². The topological polar surface area (TPSA) is 0 Å². The molecule has 13 heavy (non-hydrogen) atoms. The summed E-state index contributed by atoms with van der Waals surface area (Å²) in [6.07, 6.45) is 4.96. The van der Waals surface area contributed by atoms with Gasteiger partial charge in [0.25, 0.3) is 0 Å². The van der Waals surface area contributed by atoms with E-state index in [2.05, 4.69) is 40.7 Å². The van der Waals surface area contributed by atoms with Crippen molar-refractivity contribution < 1.29 is 0 Å². The SMILES string of the molecule is CC1=CC(C(C)C)=C(C(C)C)CC1. The van der Waals surface area contributed by atoms with E-state index >= 15 is 0 Å². The molecule has 0 fully saturated rings. The van der Waals surface area contributed by atoms with Crippen LogP contribution in [0.15, 0.2) is 22.8 Å². The van der Waals surface area contributed by atoms with Crippen molar-refractivity contribution in [1.82, 2.24) is 0 Å². The van der Waals surface area contributed by atoms with Crippen LogP contribution in [0.1, 0.15) is 47.5 Å². The molecule has 0 heterocycles. The van der Waals surface area contributed by atoms with Gasteiger partial charge in [0.05, 0.1) is 0 Å². The zero-order valence-electron chi connectivity index (χ0n) is 9.65. The molecule has 0 aromatic heterocycles. The van der Waals surface area contributed by atoms with Gasteiger partial charge in [-0.05, 0) is 37.2 Å². The van der Waals surface area contributed by atoms with Gasteiger partial charge in [-0.25, -0.2) is 0 Å². The van der Waals surface area contributed by atoms with E-state index in [0.29, 0.717) is 5.92 Å². The lowest BCUT2D eigenvalue weighted by molar-refractivity contribution is 0.648. The highest BCUT2D eigenvalue weighted by molar-refractivity contribution is 5.35. The minimum Gasteiger partial charge on any atom is -0.0727 e. The first-order valence-electron chi connectivity index (χ1n) is 5.42. The monoisotopic (exact) mass is 178 g/mol. The summed E-state index contributed by atoms with van der Waals surface area (Å²) in [5.41, 5.74) is 4.83. The zero-order chi connectivity index (χ0) is 10.0. The fraction of sp³-hybridized carbons (Fsp3) is 0.692. The second kappa shape index (κ2) is 4.13. The molecule has 0 atom stereocenters. The first-order valence-corrected chi connectivity index (χ1v) is 5.42. The summed E-state index contributed by atoms with van der Waals surface area (Å²) in [6.45, 7) is 11.5. The maximum atomic E-state index is 2.41. The minimum atomic E-state index is 0.688. The number of hydrogen-bond acceptors (Lipinski definition) is 0. The maximum absolute atomic E-state index is 2.41. The van der Waals surface area contributed by atoms with Gasteiger partial charge in [0.1, 0.15) is 0 Å². The summed E-state index contributed by atoms with van der Waals surface area (Å²) in [5, 5.41) is 0. The highest BCUT2D eigenvalue weighted by Crippen LogP contribution is 2.32. The number of allylic oxidation sites excluding steroid dienone is 4. The molecular weight excluding hydrogens is 156 g/mol. The normalized spacial score (nSPS) is 18.5. The summed E-state index contributed by atoms with van der Waals surface area (Å²) in [4.78, 5) is 0. The van der Waals surface area contributed by atoms with Crippen LogP contribution in [0.2, 0.25) is 0 Å². The van der Waals surface area contributed by atoms with Gasteiger partial charge in [0, 0.05) is 0 Å². The lowest BCUT2D eigenvalue weighted by Gasteiger charge is -2.24. The first-order chi connectivity index (χ1) is 6.02. The second-order valence-electron chi connectivity index (χ2n) is 4.78. The molecule has 0 aromatic carbocycles. The third-order valence-electron chi connectivity index (χ3n) is 2.88. The molecule has 74 valence electrons. The highest BCUT2D eigenvalue weighted by Gasteiger charge is 2.15. The molecule has 0 saturated heterocycles. The molecule has 0 radical (unpaired) electrons. The first kappa shape index (κ1) is 10.6. The van der Waals surface area contributed by atoms with Crippen molar-refractivity contribution in [2.45, 2.75) is 47.5 Å². The van der Waals surface area contributed by atoms with E-state index in [1.54, 1.807) is 16.7 Å². The molecule has 0 aliphatic heterocycles. The van der Waals surface area contributed by atoms with Crippen LogP contribution in [0.5, 0.6) is 0 Å². The van der Waals surface area contributed by atoms with Crippen LogP contribution in [0.25, 0.3) is 0 Å². The van der Waals surface area contributed by atoms with E-state index < -0.39 is 0 Å². The molecule has 1 aliphatic rings. The van der Waals surface area contributed by atoms with Crippen molar-refractivity contribution in [3.8, 4) is 0 Å². The van der Waals surface area contributed by atoms with Crippen LogP contribution >= 0.6 is 0 Å². The lowest BCUT2D eigenvalue weighted by Crippen LogP contribution is -2.07. The number of hydrogen-bond donors (Lipinski definition) is 0. The molecule has 0 N–H and O–H groups in total. The summed E-state index contributed by atoms with van der Waals surface area (Å²) < 4.78 is 0. The highest BCUT2D eigenvalue weighted by atomic mass is 14.2. The Morgan fingerprint density at radius 3 is 2.08 bits per heavy atom.